The van der Waals surface area contributed by atoms with Gasteiger partial charge in [-0.25, -0.2) is 4.79 Å². The molecule has 9 nitrogen and oxygen atoms in total. The molecule has 2 aliphatic carbocycles. The van der Waals surface area contributed by atoms with Crippen LogP contribution in [0.1, 0.15) is 37.7 Å². The van der Waals surface area contributed by atoms with Gasteiger partial charge in [-0.05, 0) is 78.7 Å². The van der Waals surface area contributed by atoms with Crippen LogP contribution in [0.2, 0.25) is 0 Å². The third-order valence-electron chi connectivity index (χ3n) is 8.68. The van der Waals surface area contributed by atoms with Gasteiger partial charge in [0.05, 0.1) is 0 Å². The first-order valence-corrected chi connectivity index (χ1v) is 15.6. The lowest BCUT2D eigenvalue weighted by Crippen LogP contribution is -2.39. The Kier molecular flexibility index (Phi) is 10.6. The van der Waals surface area contributed by atoms with E-state index in [1.165, 1.54) is 27.8 Å². The highest BCUT2D eigenvalue weighted by molar-refractivity contribution is 6.07. The quantitative estimate of drug-likeness (QED) is 0.254. The molecule has 0 unspecified atom stereocenters. The second-order valence-corrected chi connectivity index (χ2v) is 11.7. The first kappa shape index (κ1) is 31.2. The van der Waals surface area contributed by atoms with Crippen LogP contribution in [-0.2, 0) is 20.9 Å². The summed E-state index contributed by atoms with van der Waals surface area (Å²) in [5.74, 6) is 0.263. The summed E-state index contributed by atoms with van der Waals surface area (Å²) in [5.41, 5.74) is 12.7. The van der Waals surface area contributed by atoms with Crippen LogP contribution >= 0.6 is 0 Å². The maximum absolute atomic E-state index is 12.3. The molecule has 2 aromatic carbocycles. The lowest BCUT2D eigenvalue weighted by atomic mass is 9.95. The van der Waals surface area contributed by atoms with Gasteiger partial charge in [0.2, 0.25) is 11.8 Å². The van der Waals surface area contributed by atoms with Crippen molar-refractivity contribution in [3.8, 4) is 22.3 Å². The van der Waals surface area contributed by atoms with Crippen molar-refractivity contribution in [2.75, 3.05) is 45.1 Å². The zero-order valence-electron chi connectivity index (χ0n) is 25.5. The van der Waals surface area contributed by atoms with Crippen LogP contribution in [0.5, 0.6) is 0 Å². The normalized spacial score (nSPS) is 16.8. The van der Waals surface area contributed by atoms with E-state index in [1.807, 2.05) is 24.3 Å². The van der Waals surface area contributed by atoms with E-state index in [-0.39, 0.29) is 23.8 Å². The summed E-state index contributed by atoms with van der Waals surface area (Å²) in [5, 5.41) is 5.70. The zero-order chi connectivity index (χ0) is 30.9. The molecule has 2 fully saturated rings. The van der Waals surface area contributed by atoms with Crippen molar-refractivity contribution < 1.29 is 19.1 Å². The number of carbonyl (C=O) groups is 3. The van der Waals surface area contributed by atoms with Crippen LogP contribution in [-0.4, -0.2) is 73.6 Å². The molecule has 2 heterocycles. The molecular formula is C35H43N5O4. The van der Waals surface area contributed by atoms with Crippen LogP contribution in [0.25, 0.3) is 22.3 Å². The van der Waals surface area contributed by atoms with Crippen molar-refractivity contribution in [2.24, 2.45) is 11.7 Å². The second-order valence-electron chi connectivity index (χ2n) is 11.7. The minimum absolute atomic E-state index is 0.00969. The molecule has 2 saturated heterocycles. The third-order valence-corrected chi connectivity index (χ3v) is 8.68. The summed E-state index contributed by atoms with van der Waals surface area (Å²) >= 11 is 0. The zero-order valence-corrected chi connectivity index (χ0v) is 25.5. The van der Waals surface area contributed by atoms with E-state index < -0.39 is 6.09 Å². The highest BCUT2D eigenvalue weighted by atomic mass is 16.6. The molecule has 232 valence electrons. The van der Waals surface area contributed by atoms with E-state index in [9.17, 15) is 14.4 Å². The molecule has 3 amide bonds. The van der Waals surface area contributed by atoms with Crippen LogP contribution in [0.3, 0.4) is 0 Å². The summed E-state index contributed by atoms with van der Waals surface area (Å²) in [6.07, 6.45) is 2.86. The number of hydrogen-bond acceptors (Lipinski definition) is 6. The number of nitrogens with one attached hydrogen (secondary N) is 2. The average Bonchev–Trinajstić information content (AvgIpc) is 3.52. The van der Waals surface area contributed by atoms with Gasteiger partial charge in [0.15, 0.2) is 0 Å². The smallest absolute Gasteiger partial charge is 0.404 e. The van der Waals surface area contributed by atoms with Gasteiger partial charge < -0.3 is 26.0 Å². The van der Waals surface area contributed by atoms with Gasteiger partial charge in [0.1, 0.15) is 6.10 Å². The van der Waals surface area contributed by atoms with Crippen LogP contribution in [0.15, 0.2) is 72.8 Å². The molecule has 0 atom stereocenters. The summed E-state index contributed by atoms with van der Waals surface area (Å²) < 4.78 is 5.03. The number of benzene rings is 3. The van der Waals surface area contributed by atoms with Crippen LogP contribution in [0.4, 0.5) is 10.5 Å². The van der Waals surface area contributed by atoms with Crippen LogP contribution < -0.4 is 16.4 Å². The van der Waals surface area contributed by atoms with Gasteiger partial charge in [-0.3, -0.25) is 14.5 Å². The Bertz CT molecular complexity index is 1390. The lowest BCUT2D eigenvalue weighted by Gasteiger charge is -2.31. The Morgan fingerprint density at radius 3 is 2.07 bits per heavy atom. The molecule has 2 aliphatic heterocycles. The molecule has 0 radical (unpaired) electrons. The molecular weight excluding hydrogens is 554 g/mol. The fourth-order valence-electron chi connectivity index (χ4n) is 6.13. The van der Waals surface area contributed by atoms with Gasteiger partial charge in [-0.1, -0.05) is 60.7 Å². The minimum atomic E-state index is -0.723. The SMILES string of the molecule is CNC(=O)C1CCN(Cc2ccc(NC(=O)CCN3CCC(OC(N)=O)CC3)cc2)CC1.c1ccc(-c2c3cccc2-3)cc1. The fraction of sp³-hybridized carbons (Fsp3) is 0.400. The Hall–Kier alpha value is -4.21. The number of carbonyl (C=O) groups excluding carboxylic acids is 3. The number of anilines is 1. The molecule has 9 heteroatoms. The Balaban J connectivity index is 0.000000262. The van der Waals surface area contributed by atoms with E-state index in [0.717, 1.165) is 64.1 Å². The summed E-state index contributed by atoms with van der Waals surface area (Å²) in [6.45, 7) is 4.95. The molecule has 6 rings (SSSR count). The largest absolute Gasteiger partial charge is 0.446 e. The first-order valence-electron chi connectivity index (χ1n) is 15.6. The molecule has 0 bridgehead atoms. The molecule has 4 N–H and O–H groups in total. The summed E-state index contributed by atoms with van der Waals surface area (Å²) in [7, 11) is 1.70. The highest BCUT2D eigenvalue weighted by Gasteiger charge is 2.25. The van der Waals surface area contributed by atoms with Crippen molar-refractivity contribution in [1.29, 1.82) is 0 Å². The standard InChI is InChI=1S/C23H35N5O4.C12H8/c1-25-22(30)18-6-11-28(12-7-18)16-17-2-4-19(5-3-17)26-21(29)10-15-27-13-8-20(9-14-27)32-23(24)31;1-2-5-9(6-3-1)12-10-7-4-8-11(10)12/h2-5,18,20H,6-16H2,1H3,(H2,24,31)(H,25,30)(H,26,29);1-8H. The van der Waals surface area contributed by atoms with Gasteiger partial charge in [0.25, 0.3) is 0 Å². The van der Waals surface area contributed by atoms with Gasteiger partial charge in [0, 0.05) is 51.3 Å². The average molecular weight is 598 g/mol. The molecule has 4 aliphatic rings. The third kappa shape index (κ3) is 8.67. The van der Waals surface area contributed by atoms with Crippen molar-refractivity contribution >= 4 is 23.6 Å². The number of amides is 3. The topological polar surface area (TPSA) is 117 Å². The minimum Gasteiger partial charge on any atom is -0.446 e. The number of nitrogens with zero attached hydrogens (tertiary/aromatic N) is 2. The number of primary amides is 1. The van der Waals surface area contributed by atoms with E-state index in [2.05, 4.69) is 69.0 Å². The number of ether oxygens (including phenoxy) is 1. The van der Waals surface area contributed by atoms with Crippen molar-refractivity contribution in [1.82, 2.24) is 15.1 Å². The van der Waals surface area contributed by atoms with Crippen molar-refractivity contribution in [3.05, 3.63) is 78.4 Å². The van der Waals surface area contributed by atoms with E-state index >= 15 is 0 Å². The van der Waals surface area contributed by atoms with Crippen molar-refractivity contribution in [2.45, 2.75) is 44.8 Å². The van der Waals surface area contributed by atoms with E-state index in [4.69, 9.17) is 10.5 Å². The Morgan fingerprint density at radius 1 is 0.818 bits per heavy atom. The second kappa shape index (κ2) is 15.0. The lowest BCUT2D eigenvalue weighted by molar-refractivity contribution is -0.126. The number of fused-ring (bicyclic) bond motifs is 1. The fourth-order valence-corrected chi connectivity index (χ4v) is 6.13. The first-order chi connectivity index (χ1) is 21.4. The Labute approximate surface area is 259 Å². The number of rotatable bonds is 9. The number of hydrogen-bond donors (Lipinski definition) is 3. The molecule has 0 aromatic heterocycles. The highest BCUT2D eigenvalue weighted by Crippen LogP contribution is 2.50. The van der Waals surface area contributed by atoms with Gasteiger partial charge >= 0.3 is 6.09 Å². The maximum Gasteiger partial charge on any atom is 0.404 e. The number of likely N-dealkylation sites (tertiary alicyclic amines) is 2. The molecule has 44 heavy (non-hydrogen) atoms. The summed E-state index contributed by atoms with van der Waals surface area (Å²) in [4.78, 5) is 39.5. The van der Waals surface area contributed by atoms with Crippen LogP contribution in [0, 0.1) is 5.92 Å². The molecule has 0 saturated carbocycles. The van der Waals surface area contributed by atoms with E-state index in [1.54, 1.807) is 7.05 Å². The molecule has 0 spiro atoms. The number of nitrogens with two attached hydrogens (primary N) is 1. The Morgan fingerprint density at radius 2 is 1.45 bits per heavy atom. The van der Waals surface area contributed by atoms with E-state index in [0.29, 0.717) is 13.0 Å². The predicted molar refractivity (Wildman–Crippen MR) is 173 cm³/mol. The van der Waals surface area contributed by atoms with Gasteiger partial charge in [-0.15, -0.1) is 0 Å². The monoisotopic (exact) mass is 597 g/mol. The molecule has 2 aromatic rings. The maximum atomic E-state index is 12.3. The van der Waals surface area contributed by atoms with Gasteiger partial charge in [-0.2, -0.15) is 0 Å². The summed E-state index contributed by atoms with van der Waals surface area (Å²) in [6, 6.07) is 25.0. The predicted octanol–water partition coefficient (Wildman–Crippen LogP) is 4.87. The number of piperidine rings is 2. The van der Waals surface area contributed by atoms with Crippen molar-refractivity contribution in [3.63, 3.8) is 0 Å².